The average Bonchev–Trinajstić information content (AvgIpc) is 2.48. The molecule has 1 atom stereocenters. The van der Waals surface area contributed by atoms with E-state index in [1.54, 1.807) is 0 Å². The van der Waals surface area contributed by atoms with Crippen LogP contribution in [0.25, 0.3) is 0 Å². The normalized spacial score (nSPS) is 21.1. The van der Waals surface area contributed by atoms with E-state index in [-0.39, 0.29) is 17.9 Å². The Morgan fingerprint density at radius 1 is 1.32 bits per heavy atom. The fraction of sp³-hybridized carbons (Fsp3) is 0.588. The SMILES string of the molecule is O=C(NCC(c1ccccc1Cl)N1CCOCC1)C1CCC1. The lowest BCUT2D eigenvalue weighted by Crippen LogP contribution is -2.45. The monoisotopic (exact) mass is 322 g/mol. The third-order valence-electron chi connectivity index (χ3n) is 4.70. The van der Waals surface area contributed by atoms with Crippen molar-refractivity contribution in [3.8, 4) is 0 Å². The van der Waals surface area contributed by atoms with Crippen LogP contribution in [0.4, 0.5) is 0 Å². The topological polar surface area (TPSA) is 41.6 Å². The molecule has 1 N–H and O–H groups in total. The molecular weight excluding hydrogens is 300 g/mol. The molecule has 0 radical (unpaired) electrons. The van der Waals surface area contributed by atoms with Gasteiger partial charge < -0.3 is 10.1 Å². The molecule has 3 rings (SSSR count). The summed E-state index contributed by atoms with van der Waals surface area (Å²) in [4.78, 5) is 14.5. The molecule has 5 heteroatoms. The molecule has 2 aliphatic rings. The van der Waals surface area contributed by atoms with Gasteiger partial charge in [0.2, 0.25) is 5.91 Å². The highest BCUT2D eigenvalue weighted by Gasteiger charge is 2.28. The summed E-state index contributed by atoms with van der Waals surface area (Å²) in [6.45, 7) is 3.82. The number of hydrogen-bond acceptors (Lipinski definition) is 3. The molecule has 1 saturated carbocycles. The van der Waals surface area contributed by atoms with Crippen LogP contribution in [-0.2, 0) is 9.53 Å². The highest BCUT2D eigenvalue weighted by molar-refractivity contribution is 6.31. The van der Waals surface area contributed by atoms with Crippen LogP contribution in [0.15, 0.2) is 24.3 Å². The van der Waals surface area contributed by atoms with E-state index in [0.29, 0.717) is 6.54 Å². The maximum Gasteiger partial charge on any atom is 0.223 e. The summed E-state index contributed by atoms with van der Waals surface area (Å²) in [6.07, 6.45) is 3.23. The fourth-order valence-electron chi connectivity index (χ4n) is 3.08. The van der Waals surface area contributed by atoms with Gasteiger partial charge in [-0.2, -0.15) is 0 Å². The van der Waals surface area contributed by atoms with Crippen LogP contribution < -0.4 is 5.32 Å². The Labute approximate surface area is 136 Å². The zero-order valence-corrected chi connectivity index (χ0v) is 13.5. The van der Waals surface area contributed by atoms with E-state index >= 15 is 0 Å². The Bertz CT molecular complexity index is 513. The Morgan fingerprint density at radius 3 is 2.68 bits per heavy atom. The molecule has 1 unspecified atom stereocenters. The summed E-state index contributed by atoms with van der Waals surface area (Å²) in [6, 6.07) is 8.02. The van der Waals surface area contributed by atoms with Crippen LogP contribution in [0.1, 0.15) is 30.9 Å². The van der Waals surface area contributed by atoms with Gasteiger partial charge in [0.1, 0.15) is 0 Å². The first-order valence-electron chi connectivity index (χ1n) is 8.09. The van der Waals surface area contributed by atoms with Crippen molar-refractivity contribution in [3.63, 3.8) is 0 Å². The molecule has 1 aliphatic heterocycles. The smallest absolute Gasteiger partial charge is 0.223 e. The maximum absolute atomic E-state index is 12.1. The van der Waals surface area contributed by atoms with Crippen molar-refractivity contribution in [1.29, 1.82) is 0 Å². The van der Waals surface area contributed by atoms with Crippen LogP contribution in [0.5, 0.6) is 0 Å². The van der Waals surface area contributed by atoms with E-state index in [2.05, 4.69) is 16.3 Å². The van der Waals surface area contributed by atoms with Gasteiger partial charge in [-0.05, 0) is 24.5 Å². The molecule has 1 saturated heterocycles. The lowest BCUT2D eigenvalue weighted by molar-refractivity contribution is -0.127. The van der Waals surface area contributed by atoms with Gasteiger partial charge in [-0.3, -0.25) is 9.69 Å². The van der Waals surface area contributed by atoms with Crippen LogP contribution in [0, 0.1) is 5.92 Å². The van der Waals surface area contributed by atoms with Crippen molar-refractivity contribution in [2.75, 3.05) is 32.8 Å². The van der Waals surface area contributed by atoms with E-state index in [1.165, 1.54) is 6.42 Å². The molecule has 120 valence electrons. The number of hydrogen-bond donors (Lipinski definition) is 1. The number of carbonyl (C=O) groups is 1. The van der Waals surface area contributed by atoms with Gasteiger partial charge in [0.05, 0.1) is 19.3 Å². The van der Waals surface area contributed by atoms with Gasteiger partial charge in [-0.1, -0.05) is 36.2 Å². The molecule has 0 spiro atoms. The van der Waals surface area contributed by atoms with E-state index in [4.69, 9.17) is 16.3 Å². The third kappa shape index (κ3) is 3.62. The van der Waals surface area contributed by atoms with Gasteiger partial charge in [0.15, 0.2) is 0 Å². The number of ether oxygens (including phenoxy) is 1. The van der Waals surface area contributed by atoms with Crippen molar-refractivity contribution in [3.05, 3.63) is 34.9 Å². The van der Waals surface area contributed by atoms with Crippen molar-refractivity contribution >= 4 is 17.5 Å². The molecule has 1 heterocycles. The summed E-state index contributed by atoms with van der Waals surface area (Å²) in [5.74, 6) is 0.410. The van der Waals surface area contributed by atoms with Crippen molar-refractivity contribution < 1.29 is 9.53 Å². The number of amides is 1. The molecule has 1 amide bonds. The molecular formula is C17H23ClN2O2. The average molecular weight is 323 g/mol. The number of halogens is 1. The first-order chi connectivity index (χ1) is 10.8. The maximum atomic E-state index is 12.1. The summed E-state index contributed by atoms with van der Waals surface area (Å²) >= 11 is 6.38. The number of rotatable bonds is 5. The minimum Gasteiger partial charge on any atom is -0.379 e. The fourth-order valence-corrected chi connectivity index (χ4v) is 3.34. The Morgan fingerprint density at radius 2 is 2.05 bits per heavy atom. The van der Waals surface area contributed by atoms with Crippen LogP contribution in [-0.4, -0.2) is 43.7 Å². The predicted molar refractivity (Wildman–Crippen MR) is 86.9 cm³/mol. The van der Waals surface area contributed by atoms with Gasteiger partial charge >= 0.3 is 0 Å². The van der Waals surface area contributed by atoms with Gasteiger partial charge in [-0.25, -0.2) is 0 Å². The van der Waals surface area contributed by atoms with E-state index < -0.39 is 0 Å². The molecule has 1 aliphatic carbocycles. The number of nitrogens with zero attached hydrogens (tertiary/aromatic N) is 1. The first kappa shape index (κ1) is 15.8. The molecule has 22 heavy (non-hydrogen) atoms. The van der Waals surface area contributed by atoms with E-state index in [0.717, 1.165) is 49.7 Å². The quantitative estimate of drug-likeness (QED) is 0.906. The Kier molecular flexibility index (Phi) is 5.34. The second kappa shape index (κ2) is 7.44. The summed E-state index contributed by atoms with van der Waals surface area (Å²) in [5.41, 5.74) is 1.08. The van der Waals surface area contributed by atoms with E-state index in [1.807, 2.05) is 18.2 Å². The van der Waals surface area contributed by atoms with Gasteiger partial charge in [0, 0.05) is 30.6 Å². The standard InChI is InChI=1S/C17H23ClN2O2/c18-15-7-2-1-6-14(15)16(20-8-10-22-11-9-20)12-19-17(21)13-4-3-5-13/h1-2,6-7,13,16H,3-5,8-12H2,(H,19,21). The molecule has 4 nitrogen and oxygen atoms in total. The largest absolute Gasteiger partial charge is 0.379 e. The highest BCUT2D eigenvalue weighted by atomic mass is 35.5. The molecule has 0 aromatic heterocycles. The first-order valence-corrected chi connectivity index (χ1v) is 8.47. The third-order valence-corrected chi connectivity index (χ3v) is 5.04. The van der Waals surface area contributed by atoms with Gasteiger partial charge in [-0.15, -0.1) is 0 Å². The number of nitrogens with one attached hydrogen (secondary N) is 1. The second-order valence-corrected chi connectivity index (χ2v) is 6.47. The molecule has 1 aromatic rings. The highest BCUT2D eigenvalue weighted by Crippen LogP contribution is 2.29. The van der Waals surface area contributed by atoms with Crippen LogP contribution in [0.3, 0.4) is 0 Å². The zero-order chi connectivity index (χ0) is 15.4. The number of morpholine rings is 1. The van der Waals surface area contributed by atoms with Crippen LogP contribution >= 0.6 is 11.6 Å². The number of benzene rings is 1. The summed E-state index contributed by atoms with van der Waals surface area (Å²) < 4.78 is 5.44. The summed E-state index contributed by atoms with van der Waals surface area (Å²) in [7, 11) is 0. The van der Waals surface area contributed by atoms with Gasteiger partial charge in [0.25, 0.3) is 0 Å². The zero-order valence-electron chi connectivity index (χ0n) is 12.8. The molecule has 2 fully saturated rings. The number of carbonyl (C=O) groups excluding carboxylic acids is 1. The lowest BCUT2D eigenvalue weighted by atomic mass is 9.85. The van der Waals surface area contributed by atoms with Crippen molar-refractivity contribution in [2.24, 2.45) is 5.92 Å². The van der Waals surface area contributed by atoms with Crippen LogP contribution in [0.2, 0.25) is 5.02 Å². The van der Waals surface area contributed by atoms with Crippen molar-refractivity contribution in [1.82, 2.24) is 10.2 Å². The van der Waals surface area contributed by atoms with Crippen molar-refractivity contribution in [2.45, 2.75) is 25.3 Å². The minimum atomic E-state index is 0.113. The van der Waals surface area contributed by atoms with E-state index in [9.17, 15) is 4.79 Å². The minimum absolute atomic E-state index is 0.113. The molecule has 0 bridgehead atoms. The Hall–Kier alpha value is -1.10. The Balaban J connectivity index is 1.70. The lowest BCUT2D eigenvalue weighted by Gasteiger charge is -2.36. The molecule has 1 aromatic carbocycles. The second-order valence-electron chi connectivity index (χ2n) is 6.06. The predicted octanol–water partition coefficient (Wildman–Crippen LogP) is 2.63. The summed E-state index contributed by atoms with van der Waals surface area (Å²) in [5, 5.41) is 3.89.